The smallest absolute Gasteiger partial charge is 0.315 e. The van der Waals surface area contributed by atoms with E-state index in [1.165, 1.54) is 0 Å². The van der Waals surface area contributed by atoms with Gasteiger partial charge in [-0.3, -0.25) is 4.79 Å². The van der Waals surface area contributed by atoms with Gasteiger partial charge < -0.3 is 15.7 Å². The van der Waals surface area contributed by atoms with Gasteiger partial charge in [0.1, 0.15) is 0 Å². The van der Waals surface area contributed by atoms with Crippen LogP contribution in [0.2, 0.25) is 0 Å². The van der Waals surface area contributed by atoms with Crippen molar-refractivity contribution in [3.8, 4) is 0 Å². The molecule has 0 radical (unpaired) electrons. The minimum absolute atomic E-state index is 0.00320. The average Bonchev–Trinajstić information content (AvgIpc) is 3.23. The first-order chi connectivity index (χ1) is 9.65. The zero-order chi connectivity index (χ0) is 14.4. The quantitative estimate of drug-likeness (QED) is 0.710. The van der Waals surface area contributed by atoms with Crippen LogP contribution in [-0.2, 0) is 11.2 Å². The Bertz CT molecular complexity index is 457. The predicted molar refractivity (Wildman–Crippen MR) is 75.4 cm³/mol. The van der Waals surface area contributed by atoms with Crippen molar-refractivity contribution in [2.24, 2.45) is 5.92 Å². The van der Waals surface area contributed by atoms with Crippen molar-refractivity contribution in [3.63, 3.8) is 0 Å². The van der Waals surface area contributed by atoms with Crippen LogP contribution >= 0.6 is 0 Å². The molecule has 2 amide bonds. The maximum atomic E-state index is 11.7. The number of nitrogens with one attached hydrogen (secondary N) is 2. The second-order valence-corrected chi connectivity index (χ2v) is 5.18. The third-order valence-corrected chi connectivity index (χ3v) is 3.44. The standard InChI is InChI=1S/C15H20N2O3/c18-14(19)10-13(12-6-7-12)17-15(20)16-9-8-11-4-2-1-3-5-11/h1-5,12-13H,6-10H2,(H,18,19)(H2,16,17,20). The van der Waals surface area contributed by atoms with Gasteiger partial charge in [-0.15, -0.1) is 0 Å². The Balaban J connectivity index is 1.70. The van der Waals surface area contributed by atoms with Crippen LogP contribution in [0, 0.1) is 5.92 Å². The first-order valence-corrected chi connectivity index (χ1v) is 6.95. The molecule has 0 heterocycles. The third kappa shape index (κ3) is 4.91. The third-order valence-electron chi connectivity index (χ3n) is 3.44. The van der Waals surface area contributed by atoms with Gasteiger partial charge in [0.15, 0.2) is 0 Å². The molecule has 0 bridgehead atoms. The molecule has 5 heteroatoms. The van der Waals surface area contributed by atoms with E-state index in [4.69, 9.17) is 5.11 Å². The van der Waals surface area contributed by atoms with E-state index in [2.05, 4.69) is 10.6 Å². The summed E-state index contributed by atoms with van der Waals surface area (Å²) in [6, 6.07) is 9.38. The molecule has 0 aromatic heterocycles. The van der Waals surface area contributed by atoms with Crippen LogP contribution in [0.1, 0.15) is 24.8 Å². The van der Waals surface area contributed by atoms with Gasteiger partial charge in [0.25, 0.3) is 0 Å². The normalized spacial score (nSPS) is 15.4. The summed E-state index contributed by atoms with van der Waals surface area (Å²) >= 11 is 0. The van der Waals surface area contributed by atoms with E-state index in [1.807, 2.05) is 30.3 Å². The molecule has 0 aliphatic heterocycles. The Morgan fingerprint density at radius 3 is 2.55 bits per heavy atom. The zero-order valence-electron chi connectivity index (χ0n) is 11.3. The van der Waals surface area contributed by atoms with E-state index in [0.29, 0.717) is 12.5 Å². The van der Waals surface area contributed by atoms with Crippen LogP contribution < -0.4 is 10.6 Å². The number of carbonyl (C=O) groups excluding carboxylic acids is 1. The lowest BCUT2D eigenvalue weighted by Crippen LogP contribution is -2.44. The zero-order valence-corrected chi connectivity index (χ0v) is 11.3. The molecule has 1 unspecified atom stereocenters. The second-order valence-electron chi connectivity index (χ2n) is 5.18. The summed E-state index contributed by atoms with van der Waals surface area (Å²) < 4.78 is 0. The fourth-order valence-corrected chi connectivity index (χ4v) is 2.21. The van der Waals surface area contributed by atoms with Crippen molar-refractivity contribution >= 4 is 12.0 Å². The van der Waals surface area contributed by atoms with Crippen LogP contribution in [0.3, 0.4) is 0 Å². The summed E-state index contributed by atoms with van der Waals surface area (Å²) in [7, 11) is 0. The van der Waals surface area contributed by atoms with Crippen LogP contribution in [0.5, 0.6) is 0 Å². The molecule has 1 atom stereocenters. The number of hydrogen-bond donors (Lipinski definition) is 3. The van der Waals surface area contributed by atoms with Crippen molar-refractivity contribution in [3.05, 3.63) is 35.9 Å². The number of amides is 2. The lowest BCUT2D eigenvalue weighted by molar-refractivity contribution is -0.137. The van der Waals surface area contributed by atoms with E-state index in [0.717, 1.165) is 24.8 Å². The summed E-state index contributed by atoms with van der Waals surface area (Å²) in [5, 5.41) is 14.4. The molecule has 0 spiro atoms. The fourth-order valence-electron chi connectivity index (χ4n) is 2.21. The topological polar surface area (TPSA) is 78.4 Å². The molecule has 108 valence electrons. The van der Waals surface area contributed by atoms with Crippen LogP contribution in [0.15, 0.2) is 30.3 Å². The van der Waals surface area contributed by atoms with Crippen molar-refractivity contribution in [1.29, 1.82) is 0 Å². The Kier molecular flexibility index (Phi) is 4.98. The first kappa shape index (κ1) is 14.4. The maximum Gasteiger partial charge on any atom is 0.315 e. The van der Waals surface area contributed by atoms with Crippen LogP contribution in [0.25, 0.3) is 0 Å². The number of hydrogen-bond acceptors (Lipinski definition) is 2. The number of benzene rings is 1. The van der Waals surface area contributed by atoms with Gasteiger partial charge in [-0.25, -0.2) is 4.79 Å². The van der Waals surface area contributed by atoms with E-state index in [-0.39, 0.29) is 18.5 Å². The van der Waals surface area contributed by atoms with Crippen LogP contribution in [0.4, 0.5) is 4.79 Å². The highest BCUT2D eigenvalue weighted by atomic mass is 16.4. The highest BCUT2D eigenvalue weighted by Gasteiger charge is 2.33. The number of carboxylic acids is 1. The summed E-state index contributed by atoms with van der Waals surface area (Å²) in [5.41, 5.74) is 1.16. The van der Waals surface area contributed by atoms with Crippen LogP contribution in [-0.4, -0.2) is 29.7 Å². The highest BCUT2D eigenvalue weighted by Crippen LogP contribution is 2.33. The van der Waals surface area contributed by atoms with E-state index in [1.54, 1.807) is 0 Å². The number of urea groups is 1. The number of carbonyl (C=O) groups is 2. The molecular formula is C15H20N2O3. The van der Waals surface area contributed by atoms with Gasteiger partial charge in [0.2, 0.25) is 0 Å². The molecule has 5 nitrogen and oxygen atoms in total. The molecule has 0 saturated heterocycles. The molecule has 1 aliphatic rings. The van der Waals surface area contributed by atoms with Crippen molar-refractivity contribution in [2.45, 2.75) is 31.7 Å². The van der Waals surface area contributed by atoms with Crippen molar-refractivity contribution in [2.75, 3.05) is 6.54 Å². The Labute approximate surface area is 118 Å². The molecule has 1 aromatic carbocycles. The predicted octanol–water partition coefficient (Wildman–Crippen LogP) is 1.78. The van der Waals surface area contributed by atoms with Gasteiger partial charge >= 0.3 is 12.0 Å². The number of carboxylic acid groups (broad SMARTS) is 1. The van der Waals surface area contributed by atoms with Gasteiger partial charge in [-0.2, -0.15) is 0 Å². The molecule has 2 rings (SSSR count). The molecule has 1 aliphatic carbocycles. The summed E-state index contributed by atoms with van der Waals surface area (Å²) in [6.07, 6.45) is 2.77. The minimum Gasteiger partial charge on any atom is -0.481 e. The van der Waals surface area contributed by atoms with Gasteiger partial charge in [-0.05, 0) is 30.7 Å². The van der Waals surface area contributed by atoms with E-state index < -0.39 is 5.97 Å². The van der Waals surface area contributed by atoms with Crippen molar-refractivity contribution in [1.82, 2.24) is 10.6 Å². The highest BCUT2D eigenvalue weighted by molar-refractivity contribution is 5.75. The lowest BCUT2D eigenvalue weighted by Gasteiger charge is -2.16. The minimum atomic E-state index is -0.869. The second kappa shape index (κ2) is 6.93. The molecule has 1 saturated carbocycles. The summed E-state index contributed by atoms with van der Waals surface area (Å²) in [6.45, 7) is 0.542. The Hall–Kier alpha value is -2.04. The van der Waals surface area contributed by atoms with Gasteiger partial charge in [0, 0.05) is 12.6 Å². The number of aliphatic carboxylic acids is 1. The Morgan fingerprint density at radius 1 is 1.25 bits per heavy atom. The molecular weight excluding hydrogens is 256 g/mol. The lowest BCUT2D eigenvalue weighted by atomic mass is 10.1. The summed E-state index contributed by atoms with van der Waals surface area (Å²) in [5.74, 6) is -0.544. The van der Waals surface area contributed by atoms with E-state index >= 15 is 0 Å². The van der Waals surface area contributed by atoms with Crippen molar-refractivity contribution < 1.29 is 14.7 Å². The summed E-state index contributed by atoms with van der Waals surface area (Å²) in [4.78, 5) is 22.5. The Morgan fingerprint density at radius 2 is 1.95 bits per heavy atom. The monoisotopic (exact) mass is 276 g/mol. The largest absolute Gasteiger partial charge is 0.481 e. The van der Waals surface area contributed by atoms with Gasteiger partial charge in [0.05, 0.1) is 6.42 Å². The SMILES string of the molecule is O=C(O)CC(NC(=O)NCCc1ccccc1)C1CC1. The molecule has 20 heavy (non-hydrogen) atoms. The molecule has 3 N–H and O–H groups in total. The fraction of sp³-hybridized carbons (Fsp3) is 0.467. The maximum absolute atomic E-state index is 11.7. The van der Waals surface area contributed by atoms with Gasteiger partial charge in [-0.1, -0.05) is 30.3 Å². The molecule has 1 aromatic rings. The number of rotatable bonds is 7. The molecule has 1 fully saturated rings. The van der Waals surface area contributed by atoms with E-state index in [9.17, 15) is 9.59 Å². The first-order valence-electron chi connectivity index (χ1n) is 6.95. The average molecular weight is 276 g/mol.